The first-order chi connectivity index (χ1) is 10.1. The molecule has 25 heavy (non-hydrogen) atoms. The van der Waals surface area contributed by atoms with Crippen LogP contribution in [0.2, 0.25) is 19.6 Å². The van der Waals surface area contributed by atoms with Crippen LogP contribution in [-0.2, 0) is 35.7 Å². The van der Waals surface area contributed by atoms with E-state index in [0.29, 0.717) is 0 Å². The Morgan fingerprint density at radius 1 is 0.720 bits per heavy atom. The van der Waals surface area contributed by atoms with Crippen molar-refractivity contribution >= 4 is 8.24 Å². The second kappa shape index (κ2) is 28.1. The zero-order chi connectivity index (χ0) is 15.8. The van der Waals surface area contributed by atoms with Gasteiger partial charge in [-0.3, -0.25) is 0 Å². The normalized spacial score (nSPS) is 14.9. The molecule has 0 radical (unpaired) electrons. The Balaban J connectivity index is -0.0000000810. The third-order valence-corrected chi connectivity index (χ3v) is 4.42. The first-order valence-electron chi connectivity index (χ1n) is 8.90. The van der Waals surface area contributed by atoms with Crippen LogP contribution in [0, 0.1) is 0 Å². The summed E-state index contributed by atoms with van der Waals surface area (Å²) in [4.78, 5) is 4.67. The monoisotopic (exact) mass is 511 g/mol. The maximum Gasteiger partial charge on any atom is 4.00 e. The van der Waals surface area contributed by atoms with E-state index in [0.717, 1.165) is 33.0 Å². The van der Waals surface area contributed by atoms with Gasteiger partial charge in [0.05, 0.1) is 0 Å². The predicted molar refractivity (Wildman–Crippen MR) is 95.8 cm³/mol. The van der Waals surface area contributed by atoms with Crippen LogP contribution >= 0.6 is 0 Å². The van der Waals surface area contributed by atoms with E-state index in [9.17, 15) is 0 Å². The van der Waals surface area contributed by atoms with Crippen molar-refractivity contribution in [1.29, 1.82) is 0 Å². The molecular weight excluding hydrogens is 476 g/mol. The molecule has 0 aliphatic carbocycles. The summed E-state index contributed by atoms with van der Waals surface area (Å²) in [7, 11) is -1.09. The van der Waals surface area contributed by atoms with Gasteiger partial charge in [-0.2, -0.15) is 6.54 Å². The third-order valence-electron chi connectivity index (χ3n) is 3.25. The summed E-state index contributed by atoms with van der Waals surface area (Å²) in [5, 5.41) is 0. The molecule has 2 heterocycles. The van der Waals surface area contributed by atoms with Crippen molar-refractivity contribution in [3.8, 4) is 0 Å². The molecule has 2 fully saturated rings. The standard InChI is InChI=1S/C9H22NSi.2C4H8O.3ClH.Zr/c1-5-6-7-8-9-10-11(2,3)4;2*1-2-4-5-3-1;;;;/h5-9H2,1-4H3;2*1-4H2;3*1H;/q-1;;;;;;+4/p-3. The summed E-state index contributed by atoms with van der Waals surface area (Å²) >= 11 is 0. The van der Waals surface area contributed by atoms with Gasteiger partial charge < -0.3 is 51.7 Å². The Bertz CT molecular complexity index is 193. The van der Waals surface area contributed by atoms with Crippen LogP contribution in [0.3, 0.4) is 0 Å². The molecule has 0 atom stereocenters. The summed E-state index contributed by atoms with van der Waals surface area (Å²) in [5.74, 6) is 0. The molecule has 3 nitrogen and oxygen atoms in total. The Morgan fingerprint density at radius 3 is 1.36 bits per heavy atom. The van der Waals surface area contributed by atoms with E-state index in [1.807, 2.05) is 0 Å². The van der Waals surface area contributed by atoms with E-state index in [4.69, 9.17) is 9.47 Å². The van der Waals surface area contributed by atoms with Crippen LogP contribution in [0.25, 0.3) is 4.98 Å². The minimum Gasteiger partial charge on any atom is -1.00 e. The van der Waals surface area contributed by atoms with Crippen molar-refractivity contribution in [1.82, 2.24) is 0 Å². The van der Waals surface area contributed by atoms with E-state index in [-0.39, 0.29) is 63.4 Å². The summed E-state index contributed by atoms with van der Waals surface area (Å²) < 4.78 is 9.89. The van der Waals surface area contributed by atoms with Crippen LogP contribution in [0.1, 0.15) is 58.3 Å². The summed E-state index contributed by atoms with van der Waals surface area (Å²) in [6.45, 7) is 14.2. The van der Waals surface area contributed by atoms with E-state index in [2.05, 4.69) is 31.5 Å². The number of ether oxygens (including phenoxy) is 2. The maximum atomic E-state index is 4.94. The SMILES string of the molecule is C1CCOC1.C1CCOC1.CCCCCC[N-][Si](C)(C)C.[Cl-].[Cl-].[Cl-].[Zr+4]. The molecule has 2 rings (SSSR count). The van der Waals surface area contributed by atoms with Gasteiger partial charge in [-0.1, -0.05) is 60.5 Å². The Labute approximate surface area is 196 Å². The summed E-state index contributed by atoms with van der Waals surface area (Å²) in [6, 6.07) is 0. The molecule has 8 heteroatoms. The van der Waals surface area contributed by atoms with Crippen molar-refractivity contribution in [2.75, 3.05) is 33.0 Å². The predicted octanol–water partition coefficient (Wildman–Crippen LogP) is -3.62. The Morgan fingerprint density at radius 2 is 1.12 bits per heavy atom. The minimum atomic E-state index is -1.09. The van der Waals surface area contributed by atoms with Crippen molar-refractivity contribution in [2.24, 2.45) is 0 Å². The number of hydrogen-bond acceptors (Lipinski definition) is 2. The van der Waals surface area contributed by atoms with Gasteiger partial charge in [0.2, 0.25) is 0 Å². The van der Waals surface area contributed by atoms with Gasteiger partial charge in [0.15, 0.2) is 0 Å². The topological polar surface area (TPSA) is 32.6 Å². The smallest absolute Gasteiger partial charge is 1.00 e. The zero-order valence-corrected chi connectivity index (χ0v) is 22.3. The van der Waals surface area contributed by atoms with Crippen LogP contribution < -0.4 is 37.2 Å². The van der Waals surface area contributed by atoms with Gasteiger partial charge in [-0.25, -0.2) is 0 Å². The average Bonchev–Trinajstić information content (AvgIpc) is 3.15. The fourth-order valence-electron chi connectivity index (χ4n) is 1.97. The molecule has 2 aliphatic heterocycles. The fourth-order valence-corrected chi connectivity index (χ4v) is 2.80. The molecular formula is C17H38Cl3NO2SiZr. The Hall–Kier alpha value is 1.85. The molecule has 0 aromatic heterocycles. The second-order valence-electron chi connectivity index (χ2n) is 6.75. The average molecular weight is 514 g/mol. The second-order valence-corrected chi connectivity index (χ2v) is 11.4. The number of nitrogens with zero attached hydrogens (tertiary/aromatic N) is 1. The molecule has 2 aliphatic rings. The van der Waals surface area contributed by atoms with Crippen molar-refractivity contribution in [2.45, 2.75) is 77.9 Å². The molecule has 2 saturated heterocycles. The van der Waals surface area contributed by atoms with E-state index >= 15 is 0 Å². The molecule has 0 unspecified atom stereocenters. The molecule has 0 saturated carbocycles. The van der Waals surface area contributed by atoms with Gasteiger partial charge >= 0.3 is 26.2 Å². The summed E-state index contributed by atoms with van der Waals surface area (Å²) in [5.41, 5.74) is 0. The molecule has 0 N–H and O–H groups in total. The van der Waals surface area contributed by atoms with Gasteiger partial charge in [0.1, 0.15) is 0 Å². The van der Waals surface area contributed by atoms with Crippen molar-refractivity contribution in [3.05, 3.63) is 4.98 Å². The first kappa shape index (κ1) is 37.6. The quantitative estimate of drug-likeness (QED) is 0.271. The number of hydrogen-bond donors (Lipinski definition) is 0. The number of halogens is 3. The largest absolute Gasteiger partial charge is 4.00 e. The van der Waals surface area contributed by atoms with Crippen LogP contribution in [0.15, 0.2) is 0 Å². The van der Waals surface area contributed by atoms with Gasteiger partial charge in [0, 0.05) is 26.4 Å². The zero-order valence-electron chi connectivity index (χ0n) is 16.6. The van der Waals surface area contributed by atoms with Crippen LogP contribution in [0.5, 0.6) is 0 Å². The van der Waals surface area contributed by atoms with E-state index in [1.165, 1.54) is 51.4 Å². The van der Waals surface area contributed by atoms with E-state index < -0.39 is 8.24 Å². The van der Waals surface area contributed by atoms with Gasteiger partial charge in [-0.05, 0) is 25.7 Å². The van der Waals surface area contributed by atoms with Gasteiger partial charge in [-0.15, -0.1) is 0 Å². The molecule has 0 bridgehead atoms. The molecule has 0 aromatic rings. The van der Waals surface area contributed by atoms with Crippen LogP contribution in [0.4, 0.5) is 0 Å². The first-order valence-corrected chi connectivity index (χ1v) is 12.3. The minimum absolute atomic E-state index is 0. The van der Waals surface area contributed by atoms with Gasteiger partial charge in [0.25, 0.3) is 0 Å². The fraction of sp³-hybridized carbons (Fsp3) is 1.00. The molecule has 152 valence electrons. The molecule has 0 aromatic carbocycles. The molecule has 0 spiro atoms. The Kier molecular flexibility index (Phi) is 42.2. The van der Waals surface area contributed by atoms with E-state index in [1.54, 1.807) is 0 Å². The summed E-state index contributed by atoms with van der Waals surface area (Å²) in [6.07, 6.45) is 10.5. The van der Waals surface area contributed by atoms with Crippen molar-refractivity contribution in [3.63, 3.8) is 0 Å². The third kappa shape index (κ3) is 37.3. The molecule has 0 amide bonds. The maximum absolute atomic E-state index is 4.94. The number of rotatable bonds is 6. The number of unbranched alkanes of at least 4 members (excludes halogenated alkanes) is 3. The van der Waals surface area contributed by atoms with Crippen LogP contribution in [-0.4, -0.2) is 41.2 Å². The van der Waals surface area contributed by atoms with Crippen molar-refractivity contribution < 1.29 is 72.9 Å².